The Kier molecular flexibility index (Phi) is 4.87. The van der Waals surface area contributed by atoms with E-state index in [-0.39, 0.29) is 35.2 Å². The van der Waals surface area contributed by atoms with Crippen LogP contribution in [0.4, 0.5) is 4.39 Å². The number of carbonyl (C=O) groups excluding carboxylic acids is 1. The lowest BCUT2D eigenvalue weighted by Crippen LogP contribution is -2.51. The van der Waals surface area contributed by atoms with Crippen molar-refractivity contribution in [2.75, 3.05) is 20.6 Å². The zero-order chi connectivity index (χ0) is 17.3. The first kappa shape index (κ1) is 16.9. The van der Waals surface area contributed by atoms with E-state index in [2.05, 4.69) is 0 Å². The molecule has 1 aromatic rings. The van der Waals surface area contributed by atoms with Crippen LogP contribution in [-0.4, -0.2) is 48.6 Å². The van der Waals surface area contributed by atoms with Crippen molar-refractivity contribution in [1.82, 2.24) is 4.90 Å². The molecule has 4 unspecified atom stereocenters. The van der Waals surface area contributed by atoms with Crippen molar-refractivity contribution < 1.29 is 23.8 Å². The van der Waals surface area contributed by atoms with Crippen LogP contribution in [0.3, 0.4) is 0 Å². The fraction of sp³-hybridized carbons (Fsp3) is 0.500. The second-order valence-corrected chi connectivity index (χ2v) is 6.66. The normalized spacial score (nSPS) is 29.7. The van der Waals surface area contributed by atoms with Crippen molar-refractivity contribution in [3.8, 4) is 5.75 Å². The zero-order valence-electron chi connectivity index (χ0n) is 13.8. The quantitative estimate of drug-likeness (QED) is 0.911. The molecule has 0 amide bonds. The number of hydrogen-bond acceptors (Lipinski definition) is 5. The first-order chi connectivity index (χ1) is 11.5. The number of aliphatic hydroxyl groups is 1. The molecule has 1 saturated carbocycles. The molecule has 1 aliphatic heterocycles. The maximum absolute atomic E-state index is 13.7. The Hall–Kier alpha value is -1.92. The number of ether oxygens (including phenoxy) is 2. The van der Waals surface area contributed by atoms with E-state index < -0.39 is 11.9 Å². The number of ketones is 1. The van der Waals surface area contributed by atoms with E-state index in [0.717, 1.165) is 0 Å². The predicted molar refractivity (Wildman–Crippen MR) is 85.8 cm³/mol. The second kappa shape index (κ2) is 6.91. The minimum atomic E-state index is -0.530. The molecule has 1 fully saturated rings. The number of rotatable bonds is 4. The summed E-state index contributed by atoms with van der Waals surface area (Å²) in [4.78, 5) is 14.7. The number of Topliss-reactive ketones (excluding diaryl/α,β-unsaturated/α-hetero) is 1. The van der Waals surface area contributed by atoms with Crippen molar-refractivity contribution in [2.24, 2.45) is 11.8 Å². The number of fused-ring (bicyclic) bond motifs is 1. The Morgan fingerprint density at radius 2 is 2.08 bits per heavy atom. The minimum absolute atomic E-state index is 0.000152. The van der Waals surface area contributed by atoms with E-state index in [4.69, 9.17) is 9.47 Å². The summed E-state index contributed by atoms with van der Waals surface area (Å²) < 4.78 is 24.9. The van der Waals surface area contributed by atoms with Gasteiger partial charge in [0, 0.05) is 12.5 Å². The molecule has 3 rings (SSSR count). The molecule has 6 heteroatoms. The molecule has 0 aromatic heterocycles. The molecule has 24 heavy (non-hydrogen) atoms. The van der Waals surface area contributed by atoms with Gasteiger partial charge in [0.1, 0.15) is 12.4 Å². The molecular weight excluding hydrogens is 313 g/mol. The van der Waals surface area contributed by atoms with Gasteiger partial charge in [-0.25, -0.2) is 4.39 Å². The molecule has 4 atom stereocenters. The van der Waals surface area contributed by atoms with Crippen LogP contribution >= 0.6 is 0 Å². The van der Waals surface area contributed by atoms with Crippen LogP contribution in [0.1, 0.15) is 12.8 Å². The number of carbonyl (C=O) groups is 1. The summed E-state index contributed by atoms with van der Waals surface area (Å²) in [6.07, 6.45) is 1.46. The number of para-hydroxylation sites is 1. The van der Waals surface area contributed by atoms with Gasteiger partial charge < -0.3 is 19.5 Å². The Morgan fingerprint density at radius 3 is 2.79 bits per heavy atom. The molecule has 0 spiro atoms. The zero-order valence-corrected chi connectivity index (χ0v) is 13.8. The van der Waals surface area contributed by atoms with E-state index in [1.807, 2.05) is 19.0 Å². The van der Waals surface area contributed by atoms with E-state index in [1.54, 1.807) is 12.1 Å². The van der Waals surface area contributed by atoms with Crippen molar-refractivity contribution >= 4 is 5.78 Å². The molecule has 1 N–H and O–H groups in total. The van der Waals surface area contributed by atoms with Gasteiger partial charge in [-0.05, 0) is 39.1 Å². The van der Waals surface area contributed by atoms with Crippen LogP contribution in [0.5, 0.6) is 5.75 Å². The lowest BCUT2D eigenvalue weighted by Gasteiger charge is -2.42. The van der Waals surface area contributed by atoms with Crippen LogP contribution < -0.4 is 4.74 Å². The summed E-state index contributed by atoms with van der Waals surface area (Å²) in [5.41, 5.74) is 0. The molecule has 1 heterocycles. The third-order valence-electron chi connectivity index (χ3n) is 4.63. The predicted octanol–water partition coefficient (Wildman–Crippen LogP) is 1.96. The Labute approximate surface area is 140 Å². The minimum Gasteiger partial charge on any atom is -0.493 e. The highest BCUT2D eigenvalue weighted by Gasteiger charge is 2.46. The Morgan fingerprint density at radius 1 is 1.33 bits per heavy atom. The molecule has 1 aliphatic carbocycles. The number of nitrogens with zero attached hydrogens (tertiary/aromatic N) is 1. The third kappa shape index (κ3) is 3.30. The molecular formula is C18H22FNO4. The highest BCUT2D eigenvalue weighted by Crippen LogP contribution is 2.38. The number of halogens is 1. The average Bonchev–Trinajstić information content (AvgIpc) is 2.54. The maximum atomic E-state index is 13.7. The summed E-state index contributed by atoms with van der Waals surface area (Å²) in [5.74, 6) is -1.22. The summed E-state index contributed by atoms with van der Waals surface area (Å²) in [6.45, 7) is 0.632. The van der Waals surface area contributed by atoms with Gasteiger partial charge in [0.05, 0.1) is 12.0 Å². The maximum Gasteiger partial charge on any atom is 0.208 e. The van der Waals surface area contributed by atoms with Gasteiger partial charge in [-0.1, -0.05) is 12.1 Å². The summed E-state index contributed by atoms with van der Waals surface area (Å²) in [5, 5.41) is 10.3. The standard InChI is InChI=1S/C18H22FNO4/c1-20(2)9-12-14(21)8-7-11-17(22)16(10-23-18(11)12)24-15-6-4-3-5-13(15)19/h3-6,10-12,14,18,21H,7-9H2,1-2H3. The third-order valence-corrected chi connectivity index (χ3v) is 4.63. The first-order valence-corrected chi connectivity index (χ1v) is 8.12. The summed E-state index contributed by atoms with van der Waals surface area (Å²) >= 11 is 0. The van der Waals surface area contributed by atoms with Crippen LogP contribution in [0.25, 0.3) is 0 Å². The fourth-order valence-electron chi connectivity index (χ4n) is 3.47. The van der Waals surface area contributed by atoms with Crippen molar-refractivity contribution in [2.45, 2.75) is 25.0 Å². The van der Waals surface area contributed by atoms with Crippen LogP contribution in [0.15, 0.2) is 36.3 Å². The van der Waals surface area contributed by atoms with E-state index in [0.29, 0.717) is 19.4 Å². The van der Waals surface area contributed by atoms with E-state index in [9.17, 15) is 14.3 Å². The Balaban J connectivity index is 1.80. The Bertz CT molecular complexity index is 646. The van der Waals surface area contributed by atoms with Gasteiger partial charge in [-0.3, -0.25) is 4.79 Å². The van der Waals surface area contributed by atoms with Crippen LogP contribution in [0, 0.1) is 17.7 Å². The molecule has 0 bridgehead atoms. The van der Waals surface area contributed by atoms with Gasteiger partial charge >= 0.3 is 0 Å². The van der Waals surface area contributed by atoms with Crippen LogP contribution in [-0.2, 0) is 9.53 Å². The number of aliphatic hydroxyl groups excluding tert-OH is 1. The molecule has 2 aliphatic rings. The largest absolute Gasteiger partial charge is 0.493 e. The van der Waals surface area contributed by atoms with Gasteiger partial charge in [0.25, 0.3) is 0 Å². The topological polar surface area (TPSA) is 59.0 Å². The molecule has 5 nitrogen and oxygen atoms in total. The van der Waals surface area contributed by atoms with Gasteiger partial charge in [-0.15, -0.1) is 0 Å². The molecule has 0 saturated heterocycles. The molecule has 1 aromatic carbocycles. The van der Waals surface area contributed by atoms with E-state index >= 15 is 0 Å². The second-order valence-electron chi connectivity index (χ2n) is 6.66. The fourth-order valence-corrected chi connectivity index (χ4v) is 3.47. The van der Waals surface area contributed by atoms with Crippen LogP contribution in [0.2, 0.25) is 0 Å². The summed E-state index contributed by atoms with van der Waals surface area (Å²) in [6, 6.07) is 5.94. The van der Waals surface area contributed by atoms with Gasteiger partial charge in [-0.2, -0.15) is 0 Å². The lowest BCUT2D eigenvalue weighted by atomic mass is 9.73. The highest BCUT2D eigenvalue weighted by atomic mass is 19.1. The summed E-state index contributed by atoms with van der Waals surface area (Å²) in [7, 11) is 3.84. The van der Waals surface area contributed by atoms with Gasteiger partial charge in [0.15, 0.2) is 11.6 Å². The van der Waals surface area contributed by atoms with E-state index in [1.165, 1.54) is 18.4 Å². The van der Waals surface area contributed by atoms with Crippen molar-refractivity contribution in [3.05, 3.63) is 42.1 Å². The number of benzene rings is 1. The lowest BCUT2D eigenvalue weighted by molar-refractivity contribution is -0.139. The first-order valence-electron chi connectivity index (χ1n) is 8.12. The van der Waals surface area contributed by atoms with Crippen molar-refractivity contribution in [1.29, 1.82) is 0 Å². The van der Waals surface area contributed by atoms with Crippen molar-refractivity contribution in [3.63, 3.8) is 0 Å². The average molecular weight is 335 g/mol. The highest BCUT2D eigenvalue weighted by molar-refractivity contribution is 5.96. The number of hydrogen-bond donors (Lipinski definition) is 1. The van der Waals surface area contributed by atoms with Gasteiger partial charge in [0.2, 0.25) is 11.5 Å². The smallest absolute Gasteiger partial charge is 0.208 e. The molecule has 0 radical (unpaired) electrons. The monoisotopic (exact) mass is 335 g/mol. The SMILES string of the molecule is CN(C)CC1C(O)CCC2C(=O)C(Oc3ccccc3F)=COC21. The number of allylic oxidation sites excluding steroid dienone is 1. The molecule has 130 valence electrons.